The summed E-state index contributed by atoms with van der Waals surface area (Å²) in [5, 5.41) is 5.34. The number of thiazole rings is 1. The molecule has 2 aromatic heterocycles. The van der Waals surface area contributed by atoms with Crippen molar-refractivity contribution in [2.75, 3.05) is 50.9 Å². The highest BCUT2D eigenvalue weighted by molar-refractivity contribution is 7.22. The summed E-state index contributed by atoms with van der Waals surface area (Å²) in [7, 11) is 0. The number of hydrogen-bond acceptors (Lipinski definition) is 8. The maximum Gasteiger partial charge on any atom is 0.265 e. The van der Waals surface area contributed by atoms with E-state index in [4.69, 9.17) is 30.6 Å². The van der Waals surface area contributed by atoms with Crippen LogP contribution in [0, 0.1) is 6.92 Å². The quantitative estimate of drug-likeness (QED) is 0.270. The zero-order valence-corrected chi connectivity index (χ0v) is 22.5. The average molecular weight is 541 g/mol. The van der Waals surface area contributed by atoms with Gasteiger partial charge in [0.25, 0.3) is 5.91 Å². The van der Waals surface area contributed by atoms with Gasteiger partial charge in [-0.15, -0.1) is 0 Å². The van der Waals surface area contributed by atoms with E-state index in [2.05, 4.69) is 10.1 Å². The van der Waals surface area contributed by atoms with Gasteiger partial charge < -0.3 is 14.0 Å². The molecule has 8 nitrogen and oxygen atoms in total. The van der Waals surface area contributed by atoms with Crippen molar-refractivity contribution in [1.82, 2.24) is 15.0 Å². The van der Waals surface area contributed by atoms with Crippen LogP contribution in [0.4, 0.5) is 5.13 Å². The number of hydrogen-bond donors (Lipinski definition) is 0. The van der Waals surface area contributed by atoms with E-state index in [1.54, 1.807) is 17.9 Å². The monoisotopic (exact) mass is 540 g/mol. The van der Waals surface area contributed by atoms with Gasteiger partial charge in [0.05, 0.1) is 35.1 Å². The van der Waals surface area contributed by atoms with E-state index in [1.165, 1.54) is 11.3 Å². The number of benzene rings is 2. The number of anilines is 1. The maximum atomic E-state index is 14.2. The van der Waals surface area contributed by atoms with Crippen LogP contribution in [0.25, 0.3) is 21.5 Å². The van der Waals surface area contributed by atoms with Crippen molar-refractivity contribution in [3.05, 3.63) is 58.8 Å². The highest BCUT2D eigenvalue weighted by Crippen LogP contribution is 2.36. The second-order valence-corrected chi connectivity index (χ2v) is 10.2. The van der Waals surface area contributed by atoms with Crippen LogP contribution in [0.3, 0.4) is 0 Å². The molecule has 1 fully saturated rings. The third kappa shape index (κ3) is 5.65. The molecule has 10 heteroatoms. The number of ether oxygens (including phenoxy) is 2. The lowest BCUT2D eigenvalue weighted by Crippen LogP contribution is -2.39. The van der Waals surface area contributed by atoms with E-state index in [0.717, 1.165) is 55.2 Å². The lowest BCUT2D eigenvalue weighted by atomic mass is 10.1. The molecule has 0 unspecified atom stereocenters. The number of aromatic nitrogens is 2. The Balaban J connectivity index is 1.49. The number of aryl methyl sites for hydroxylation is 1. The summed E-state index contributed by atoms with van der Waals surface area (Å²) in [5.74, 6) is 1.02. The molecule has 194 valence electrons. The lowest BCUT2D eigenvalue weighted by Gasteiger charge is -2.27. The van der Waals surface area contributed by atoms with E-state index in [1.807, 2.05) is 43.3 Å². The van der Waals surface area contributed by atoms with Gasteiger partial charge in [0.15, 0.2) is 5.13 Å². The Morgan fingerprint density at radius 1 is 1.22 bits per heavy atom. The highest BCUT2D eigenvalue weighted by Gasteiger charge is 2.29. The van der Waals surface area contributed by atoms with Crippen LogP contribution in [0.1, 0.15) is 29.5 Å². The molecule has 0 spiro atoms. The van der Waals surface area contributed by atoms with Gasteiger partial charge in [0.1, 0.15) is 22.8 Å². The smallest absolute Gasteiger partial charge is 0.265 e. The van der Waals surface area contributed by atoms with Crippen LogP contribution >= 0.6 is 22.9 Å². The summed E-state index contributed by atoms with van der Waals surface area (Å²) in [4.78, 5) is 23.1. The maximum absolute atomic E-state index is 14.2. The second kappa shape index (κ2) is 11.6. The Bertz CT molecular complexity index is 1380. The minimum Gasteiger partial charge on any atom is -0.494 e. The Labute approximate surface area is 224 Å². The number of amides is 1. The molecular formula is C27H29ClN4O4S. The standard InChI is InChI=1S/C27H29ClN4O4S/c1-3-35-19-9-10-22-23(17-19)37-27(29-22)32(12-6-11-31-13-15-34-16-14-31)26(33)24-18(2)36-30-25(24)20-7-4-5-8-21(20)28/h4-5,7-10,17H,3,6,11-16H2,1-2H3. The minimum absolute atomic E-state index is 0.209. The van der Waals surface area contributed by atoms with E-state index in [0.29, 0.717) is 45.9 Å². The van der Waals surface area contributed by atoms with Gasteiger partial charge in [0, 0.05) is 31.7 Å². The molecule has 0 bridgehead atoms. The number of carbonyl (C=O) groups excluding carboxylic acids is 1. The van der Waals surface area contributed by atoms with Gasteiger partial charge >= 0.3 is 0 Å². The molecule has 37 heavy (non-hydrogen) atoms. The van der Waals surface area contributed by atoms with Crippen molar-refractivity contribution in [2.45, 2.75) is 20.3 Å². The van der Waals surface area contributed by atoms with Crippen LogP contribution in [0.15, 0.2) is 47.0 Å². The molecule has 0 aliphatic carbocycles. The molecule has 0 saturated carbocycles. The van der Waals surface area contributed by atoms with Crippen molar-refractivity contribution in [2.24, 2.45) is 0 Å². The third-order valence-electron chi connectivity index (χ3n) is 6.30. The molecule has 4 aromatic rings. The number of halogens is 1. The van der Waals surface area contributed by atoms with Gasteiger partial charge in [-0.2, -0.15) is 0 Å². The summed E-state index contributed by atoms with van der Waals surface area (Å²) >= 11 is 7.93. The normalized spacial score (nSPS) is 14.2. The zero-order valence-electron chi connectivity index (χ0n) is 20.9. The van der Waals surface area contributed by atoms with Crippen molar-refractivity contribution >= 4 is 44.2 Å². The van der Waals surface area contributed by atoms with Gasteiger partial charge in [0.2, 0.25) is 0 Å². The van der Waals surface area contributed by atoms with Crippen molar-refractivity contribution in [1.29, 1.82) is 0 Å². The van der Waals surface area contributed by atoms with Crippen LogP contribution in [0.2, 0.25) is 5.02 Å². The SMILES string of the molecule is CCOc1ccc2nc(N(CCCN3CCOCC3)C(=O)c3c(-c4ccccc4Cl)noc3C)sc2c1. The molecule has 0 N–H and O–H groups in total. The largest absolute Gasteiger partial charge is 0.494 e. The fourth-order valence-electron chi connectivity index (χ4n) is 4.42. The van der Waals surface area contributed by atoms with Gasteiger partial charge in [-0.25, -0.2) is 4.98 Å². The van der Waals surface area contributed by atoms with Crippen LogP contribution in [0.5, 0.6) is 5.75 Å². The summed E-state index contributed by atoms with van der Waals surface area (Å²) in [6, 6.07) is 13.1. The van der Waals surface area contributed by atoms with Gasteiger partial charge in [-0.05, 0) is 44.5 Å². The van der Waals surface area contributed by atoms with Gasteiger partial charge in [-0.3, -0.25) is 14.6 Å². The first kappa shape index (κ1) is 25.7. The number of rotatable bonds is 9. The van der Waals surface area contributed by atoms with E-state index in [9.17, 15) is 4.79 Å². The van der Waals surface area contributed by atoms with Gasteiger partial charge in [-0.1, -0.05) is 46.3 Å². The first-order chi connectivity index (χ1) is 18.0. The first-order valence-electron chi connectivity index (χ1n) is 12.4. The van der Waals surface area contributed by atoms with Crippen LogP contribution in [-0.4, -0.2) is 66.9 Å². The number of nitrogens with zero attached hydrogens (tertiary/aromatic N) is 4. The first-order valence-corrected chi connectivity index (χ1v) is 13.6. The van der Waals surface area contributed by atoms with E-state index in [-0.39, 0.29) is 5.91 Å². The number of fused-ring (bicyclic) bond motifs is 1. The topological polar surface area (TPSA) is 80.9 Å². The van der Waals surface area contributed by atoms with Crippen LogP contribution < -0.4 is 9.64 Å². The van der Waals surface area contributed by atoms with Crippen molar-refractivity contribution < 1.29 is 18.8 Å². The Hall–Kier alpha value is -2.98. The lowest BCUT2D eigenvalue weighted by molar-refractivity contribution is 0.0376. The molecule has 3 heterocycles. The predicted molar refractivity (Wildman–Crippen MR) is 146 cm³/mol. The van der Waals surface area contributed by atoms with E-state index < -0.39 is 0 Å². The third-order valence-corrected chi connectivity index (χ3v) is 7.67. The summed E-state index contributed by atoms with van der Waals surface area (Å²) in [5.41, 5.74) is 2.31. The molecule has 1 aliphatic rings. The molecule has 1 amide bonds. The molecule has 1 aliphatic heterocycles. The molecular weight excluding hydrogens is 512 g/mol. The molecule has 5 rings (SSSR count). The second-order valence-electron chi connectivity index (χ2n) is 8.77. The predicted octanol–water partition coefficient (Wildman–Crippen LogP) is 5.68. The number of morpholine rings is 1. The molecule has 1 saturated heterocycles. The Kier molecular flexibility index (Phi) is 8.05. The molecule has 2 aromatic carbocycles. The summed E-state index contributed by atoms with van der Waals surface area (Å²) in [6.07, 6.45) is 0.789. The Morgan fingerprint density at radius 3 is 2.81 bits per heavy atom. The highest BCUT2D eigenvalue weighted by atomic mass is 35.5. The van der Waals surface area contributed by atoms with Crippen molar-refractivity contribution in [3.63, 3.8) is 0 Å². The van der Waals surface area contributed by atoms with Crippen molar-refractivity contribution in [3.8, 4) is 17.0 Å². The van der Waals surface area contributed by atoms with E-state index >= 15 is 0 Å². The molecule has 0 atom stereocenters. The summed E-state index contributed by atoms with van der Waals surface area (Å²) in [6.45, 7) is 8.93. The van der Waals surface area contributed by atoms with Crippen LogP contribution in [-0.2, 0) is 4.74 Å². The molecule has 0 radical (unpaired) electrons. The zero-order chi connectivity index (χ0) is 25.8. The Morgan fingerprint density at radius 2 is 2.03 bits per heavy atom. The number of carbonyl (C=O) groups is 1. The average Bonchev–Trinajstić information content (AvgIpc) is 3.50. The fourth-order valence-corrected chi connectivity index (χ4v) is 5.67. The minimum atomic E-state index is -0.209. The summed E-state index contributed by atoms with van der Waals surface area (Å²) < 4.78 is 17.6. The fraction of sp³-hybridized carbons (Fsp3) is 0.370.